The number of nitrogen functional groups attached to an aromatic ring is 1. The van der Waals surface area contributed by atoms with Gasteiger partial charge >= 0.3 is 5.97 Å². The van der Waals surface area contributed by atoms with E-state index in [0.29, 0.717) is 17.1 Å². The fourth-order valence-electron chi connectivity index (χ4n) is 4.51. The summed E-state index contributed by atoms with van der Waals surface area (Å²) in [4.78, 5) is 30.0. The van der Waals surface area contributed by atoms with Gasteiger partial charge in [-0.1, -0.05) is 60.1 Å². The number of ether oxygens (including phenoxy) is 1. The molecule has 2 aromatic heterocycles. The molecule has 0 aliphatic carbocycles. The van der Waals surface area contributed by atoms with Gasteiger partial charge < -0.3 is 19.6 Å². The number of hydrogen-bond acceptors (Lipinski definition) is 5. The SMILES string of the molecule is COC(=O)c1c(N)ncn1Cc1ccc2c(c1)c(-c1ccccc1)c(-c1ccc(Cl)cc1)c(=O)n2C. The first-order chi connectivity index (χ1) is 17.4. The van der Waals surface area contributed by atoms with Gasteiger partial charge in [0.15, 0.2) is 11.5 Å². The Balaban J connectivity index is 1.77. The molecule has 0 atom stereocenters. The molecule has 180 valence electrons. The van der Waals surface area contributed by atoms with E-state index in [1.165, 1.54) is 13.4 Å². The van der Waals surface area contributed by atoms with Gasteiger partial charge in [0.05, 0.1) is 24.5 Å². The molecule has 0 spiro atoms. The second-order valence-corrected chi connectivity index (χ2v) is 8.87. The molecule has 0 unspecified atom stereocenters. The minimum absolute atomic E-state index is 0.105. The number of carbonyl (C=O) groups is 1. The summed E-state index contributed by atoms with van der Waals surface area (Å²) in [5.41, 5.74) is 10.8. The summed E-state index contributed by atoms with van der Waals surface area (Å²) in [6.07, 6.45) is 1.52. The van der Waals surface area contributed by atoms with E-state index in [9.17, 15) is 9.59 Å². The number of fused-ring (bicyclic) bond motifs is 1. The third-order valence-corrected chi connectivity index (χ3v) is 6.51. The Kier molecular flexibility index (Phi) is 6.08. The molecule has 0 saturated carbocycles. The lowest BCUT2D eigenvalue weighted by atomic mass is 9.91. The molecule has 2 N–H and O–H groups in total. The van der Waals surface area contributed by atoms with E-state index in [2.05, 4.69) is 4.98 Å². The average Bonchev–Trinajstić information content (AvgIpc) is 3.26. The molecule has 3 aromatic carbocycles. The summed E-state index contributed by atoms with van der Waals surface area (Å²) < 4.78 is 8.19. The largest absolute Gasteiger partial charge is 0.464 e. The minimum Gasteiger partial charge on any atom is -0.464 e. The van der Waals surface area contributed by atoms with Crippen molar-refractivity contribution >= 4 is 34.3 Å². The van der Waals surface area contributed by atoms with Gasteiger partial charge in [0.1, 0.15) is 0 Å². The van der Waals surface area contributed by atoms with Gasteiger partial charge in [-0.25, -0.2) is 9.78 Å². The number of halogens is 1. The highest BCUT2D eigenvalue weighted by Crippen LogP contribution is 2.36. The van der Waals surface area contributed by atoms with Crippen molar-refractivity contribution in [3.63, 3.8) is 0 Å². The maximum absolute atomic E-state index is 13.6. The van der Waals surface area contributed by atoms with Crippen LogP contribution in [-0.2, 0) is 18.3 Å². The molecule has 0 bridgehead atoms. The van der Waals surface area contributed by atoms with Crippen molar-refractivity contribution in [1.29, 1.82) is 0 Å². The molecular formula is C28H23ClN4O3. The number of esters is 1. The molecule has 36 heavy (non-hydrogen) atoms. The van der Waals surface area contributed by atoms with Gasteiger partial charge in [-0.05, 0) is 41.0 Å². The first kappa shape index (κ1) is 23.4. The van der Waals surface area contributed by atoms with Crippen LogP contribution in [0.15, 0.2) is 83.9 Å². The summed E-state index contributed by atoms with van der Waals surface area (Å²) >= 11 is 6.13. The van der Waals surface area contributed by atoms with Crippen LogP contribution in [-0.4, -0.2) is 27.2 Å². The van der Waals surface area contributed by atoms with E-state index < -0.39 is 5.97 Å². The first-order valence-corrected chi connectivity index (χ1v) is 11.6. The number of aryl methyl sites for hydroxylation is 1. The van der Waals surface area contributed by atoms with Crippen LogP contribution in [0.3, 0.4) is 0 Å². The molecule has 2 heterocycles. The van der Waals surface area contributed by atoms with Crippen molar-refractivity contribution in [2.45, 2.75) is 6.54 Å². The van der Waals surface area contributed by atoms with Crippen molar-refractivity contribution in [3.8, 4) is 22.3 Å². The Hall–Kier alpha value is -4.36. The second-order valence-electron chi connectivity index (χ2n) is 8.44. The molecule has 0 saturated heterocycles. The predicted molar refractivity (Wildman–Crippen MR) is 142 cm³/mol. The fraction of sp³-hybridized carbons (Fsp3) is 0.107. The molecular weight excluding hydrogens is 476 g/mol. The van der Waals surface area contributed by atoms with E-state index in [0.717, 1.165) is 33.2 Å². The lowest BCUT2D eigenvalue weighted by Gasteiger charge is -2.18. The van der Waals surface area contributed by atoms with Crippen molar-refractivity contribution in [2.75, 3.05) is 12.8 Å². The molecule has 0 radical (unpaired) electrons. The number of rotatable bonds is 5. The maximum atomic E-state index is 13.6. The summed E-state index contributed by atoms with van der Waals surface area (Å²) in [7, 11) is 3.07. The van der Waals surface area contributed by atoms with Crippen LogP contribution in [0.1, 0.15) is 16.1 Å². The molecule has 0 aliphatic rings. The zero-order valence-corrected chi connectivity index (χ0v) is 20.5. The Morgan fingerprint density at radius 2 is 1.69 bits per heavy atom. The van der Waals surface area contributed by atoms with E-state index in [1.807, 2.05) is 60.7 Å². The third-order valence-electron chi connectivity index (χ3n) is 6.25. The monoisotopic (exact) mass is 498 g/mol. The summed E-state index contributed by atoms with van der Waals surface area (Å²) in [5, 5.41) is 1.50. The van der Waals surface area contributed by atoms with Crippen LogP contribution in [0.2, 0.25) is 5.02 Å². The van der Waals surface area contributed by atoms with Crippen LogP contribution < -0.4 is 11.3 Å². The maximum Gasteiger partial charge on any atom is 0.358 e. The summed E-state index contributed by atoms with van der Waals surface area (Å²) in [6.45, 7) is 0.345. The van der Waals surface area contributed by atoms with Crippen molar-refractivity contribution in [2.24, 2.45) is 7.05 Å². The average molecular weight is 499 g/mol. The van der Waals surface area contributed by atoms with E-state index in [1.54, 1.807) is 28.3 Å². The number of methoxy groups -OCH3 is 1. The van der Waals surface area contributed by atoms with Crippen molar-refractivity contribution in [3.05, 3.63) is 106 Å². The normalized spacial score (nSPS) is 11.1. The van der Waals surface area contributed by atoms with Crippen LogP contribution in [0.4, 0.5) is 5.82 Å². The van der Waals surface area contributed by atoms with E-state index in [-0.39, 0.29) is 17.1 Å². The molecule has 5 rings (SSSR count). The number of nitrogens with two attached hydrogens (primary N) is 1. The highest BCUT2D eigenvalue weighted by Gasteiger charge is 2.21. The van der Waals surface area contributed by atoms with Crippen LogP contribution >= 0.6 is 11.6 Å². The van der Waals surface area contributed by atoms with Crippen molar-refractivity contribution < 1.29 is 9.53 Å². The number of carbonyl (C=O) groups excluding carboxylic acids is 1. The highest BCUT2D eigenvalue weighted by molar-refractivity contribution is 6.30. The molecule has 0 amide bonds. The quantitative estimate of drug-likeness (QED) is 0.339. The van der Waals surface area contributed by atoms with Gasteiger partial charge in [-0.2, -0.15) is 0 Å². The van der Waals surface area contributed by atoms with Gasteiger partial charge in [0.25, 0.3) is 5.56 Å². The number of nitrogens with zero attached hydrogens (tertiary/aromatic N) is 3. The zero-order chi connectivity index (χ0) is 25.4. The summed E-state index contributed by atoms with van der Waals surface area (Å²) in [5.74, 6) is -0.441. The minimum atomic E-state index is -0.553. The lowest BCUT2D eigenvalue weighted by molar-refractivity contribution is 0.0590. The lowest BCUT2D eigenvalue weighted by Crippen LogP contribution is -2.20. The molecule has 0 fully saturated rings. The first-order valence-electron chi connectivity index (χ1n) is 11.2. The summed E-state index contributed by atoms with van der Waals surface area (Å²) in [6, 6.07) is 23.0. The van der Waals surface area contributed by atoms with E-state index >= 15 is 0 Å². The molecule has 8 heteroatoms. The number of pyridine rings is 1. The van der Waals surface area contributed by atoms with E-state index in [4.69, 9.17) is 22.1 Å². The second kappa shape index (κ2) is 9.36. The number of anilines is 1. The molecule has 7 nitrogen and oxygen atoms in total. The van der Waals surface area contributed by atoms with Crippen LogP contribution in [0, 0.1) is 0 Å². The number of aromatic nitrogens is 3. The Morgan fingerprint density at radius 3 is 2.39 bits per heavy atom. The van der Waals surface area contributed by atoms with Gasteiger partial charge in [0.2, 0.25) is 0 Å². The molecule has 0 aliphatic heterocycles. The number of benzene rings is 3. The molecule has 5 aromatic rings. The van der Waals surface area contributed by atoms with Crippen LogP contribution in [0.25, 0.3) is 33.2 Å². The highest BCUT2D eigenvalue weighted by atomic mass is 35.5. The van der Waals surface area contributed by atoms with Gasteiger partial charge in [-0.15, -0.1) is 0 Å². The van der Waals surface area contributed by atoms with Crippen molar-refractivity contribution in [1.82, 2.24) is 14.1 Å². The smallest absolute Gasteiger partial charge is 0.358 e. The van der Waals surface area contributed by atoms with Gasteiger partial charge in [0, 0.05) is 29.6 Å². The number of imidazole rings is 1. The standard InChI is InChI=1S/C28H23ClN4O3/c1-32-22-13-8-17(15-33-16-31-26(30)25(33)28(35)36-2)14-21(22)23(18-6-4-3-5-7-18)24(27(32)34)19-9-11-20(29)12-10-19/h3-14,16H,15,30H2,1-2H3. The topological polar surface area (TPSA) is 92.1 Å². The predicted octanol–water partition coefficient (Wildman–Crippen LogP) is 5.14. The third kappa shape index (κ3) is 4.03. The van der Waals surface area contributed by atoms with Crippen LogP contribution in [0.5, 0.6) is 0 Å². The number of hydrogen-bond donors (Lipinski definition) is 1. The van der Waals surface area contributed by atoms with Gasteiger partial charge in [-0.3, -0.25) is 4.79 Å². The zero-order valence-electron chi connectivity index (χ0n) is 19.7. The Bertz CT molecular complexity index is 1660. The Labute approximate surface area is 212 Å². The Morgan fingerprint density at radius 1 is 1.00 bits per heavy atom. The fourth-order valence-corrected chi connectivity index (χ4v) is 4.64.